The Labute approximate surface area is 114 Å². The molecule has 1 aliphatic carbocycles. The predicted octanol–water partition coefficient (Wildman–Crippen LogP) is 0.0338. The van der Waals surface area contributed by atoms with Crippen molar-refractivity contribution in [3.8, 4) is 0 Å². The molecule has 0 bridgehead atoms. The number of amides is 3. The number of nitrogens with one attached hydrogen (secondary N) is 2. The lowest BCUT2D eigenvalue weighted by Gasteiger charge is -2.35. The van der Waals surface area contributed by atoms with Crippen LogP contribution in [0.1, 0.15) is 32.6 Å². The fourth-order valence-electron chi connectivity index (χ4n) is 2.56. The van der Waals surface area contributed by atoms with E-state index < -0.39 is 6.03 Å². The molecule has 6 heteroatoms. The highest BCUT2D eigenvalue weighted by Crippen LogP contribution is 2.22. The maximum absolute atomic E-state index is 11.7. The lowest BCUT2D eigenvalue weighted by Crippen LogP contribution is -2.51. The molecule has 0 aromatic heterocycles. The molecule has 19 heavy (non-hydrogen) atoms. The van der Waals surface area contributed by atoms with Crippen LogP contribution in [-0.4, -0.2) is 48.6 Å². The summed E-state index contributed by atoms with van der Waals surface area (Å²) in [4.78, 5) is 24.5. The van der Waals surface area contributed by atoms with E-state index in [9.17, 15) is 9.59 Å². The van der Waals surface area contributed by atoms with Crippen molar-refractivity contribution in [2.24, 2.45) is 11.7 Å². The summed E-state index contributed by atoms with van der Waals surface area (Å²) >= 11 is 0. The minimum absolute atomic E-state index is 0.287. The van der Waals surface area contributed by atoms with Gasteiger partial charge in [-0.25, -0.2) is 4.79 Å². The van der Waals surface area contributed by atoms with Gasteiger partial charge in [-0.15, -0.1) is 0 Å². The second-order valence-electron chi connectivity index (χ2n) is 5.69. The number of carbonyl (C=O) groups excluding carboxylic acids is 2. The van der Waals surface area contributed by atoms with E-state index in [0.717, 1.165) is 38.5 Å². The highest BCUT2D eigenvalue weighted by Gasteiger charge is 2.28. The Kier molecular flexibility index (Phi) is 4.76. The quantitative estimate of drug-likeness (QED) is 0.656. The van der Waals surface area contributed by atoms with Gasteiger partial charge >= 0.3 is 6.03 Å². The molecule has 0 radical (unpaired) electrons. The summed E-state index contributed by atoms with van der Waals surface area (Å²) in [5, 5.41) is 5.71. The number of hydrogen-bond donors (Lipinski definition) is 3. The number of carbonyl (C=O) groups is 2. The summed E-state index contributed by atoms with van der Waals surface area (Å²) < 4.78 is 0. The number of imide groups is 1. The van der Waals surface area contributed by atoms with Gasteiger partial charge < -0.3 is 11.1 Å². The van der Waals surface area contributed by atoms with Gasteiger partial charge in [-0.3, -0.25) is 15.0 Å². The van der Waals surface area contributed by atoms with E-state index in [1.165, 1.54) is 12.8 Å². The SMILES string of the molecule is CC(C(=O)NC(N)=O)N1CCC(CNC2CC2)CC1. The second-order valence-corrected chi connectivity index (χ2v) is 5.69. The van der Waals surface area contributed by atoms with Gasteiger partial charge in [0.15, 0.2) is 0 Å². The van der Waals surface area contributed by atoms with E-state index in [4.69, 9.17) is 5.73 Å². The zero-order chi connectivity index (χ0) is 13.8. The Morgan fingerprint density at radius 1 is 1.26 bits per heavy atom. The summed E-state index contributed by atoms with van der Waals surface area (Å²) in [7, 11) is 0. The van der Waals surface area contributed by atoms with Crippen LogP contribution in [-0.2, 0) is 4.79 Å². The number of urea groups is 1. The van der Waals surface area contributed by atoms with Gasteiger partial charge in [-0.05, 0) is 58.2 Å². The van der Waals surface area contributed by atoms with Crippen LogP contribution in [0.2, 0.25) is 0 Å². The fourth-order valence-corrected chi connectivity index (χ4v) is 2.56. The van der Waals surface area contributed by atoms with Gasteiger partial charge in [0.05, 0.1) is 6.04 Å². The van der Waals surface area contributed by atoms with Crippen LogP contribution >= 0.6 is 0 Å². The highest BCUT2D eigenvalue weighted by atomic mass is 16.2. The van der Waals surface area contributed by atoms with E-state index in [1.54, 1.807) is 0 Å². The molecule has 6 nitrogen and oxygen atoms in total. The third-order valence-corrected chi connectivity index (χ3v) is 4.10. The van der Waals surface area contributed by atoms with Crippen molar-refractivity contribution in [3.05, 3.63) is 0 Å². The van der Waals surface area contributed by atoms with Gasteiger partial charge in [-0.1, -0.05) is 0 Å². The molecule has 0 aromatic rings. The van der Waals surface area contributed by atoms with Crippen LogP contribution in [0, 0.1) is 5.92 Å². The average molecular weight is 268 g/mol. The molecule has 2 aliphatic rings. The largest absolute Gasteiger partial charge is 0.351 e. The van der Waals surface area contributed by atoms with Gasteiger partial charge in [0, 0.05) is 6.04 Å². The highest BCUT2D eigenvalue weighted by molar-refractivity contribution is 5.96. The van der Waals surface area contributed by atoms with Crippen molar-refractivity contribution in [2.75, 3.05) is 19.6 Å². The van der Waals surface area contributed by atoms with Crippen LogP contribution in [0.15, 0.2) is 0 Å². The Bertz CT molecular complexity index is 336. The second kappa shape index (κ2) is 6.34. The maximum atomic E-state index is 11.7. The fraction of sp³-hybridized carbons (Fsp3) is 0.846. The number of piperidine rings is 1. The third kappa shape index (κ3) is 4.47. The molecule has 1 saturated heterocycles. The molecule has 1 heterocycles. The van der Waals surface area contributed by atoms with Crippen molar-refractivity contribution in [3.63, 3.8) is 0 Å². The van der Waals surface area contributed by atoms with Crippen LogP contribution < -0.4 is 16.4 Å². The van der Waals surface area contributed by atoms with Crippen LogP contribution in [0.3, 0.4) is 0 Å². The summed E-state index contributed by atoms with van der Waals surface area (Å²) in [5.41, 5.74) is 4.96. The minimum Gasteiger partial charge on any atom is -0.351 e. The first-order chi connectivity index (χ1) is 9.06. The molecule has 1 unspecified atom stereocenters. The van der Waals surface area contributed by atoms with Crippen molar-refractivity contribution in [2.45, 2.75) is 44.7 Å². The van der Waals surface area contributed by atoms with Crippen molar-refractivity contribution < 1.29 is 9.59 Å². The smallest absolute Gasteiger partial charge is 0.318 e. The predicted molar refractivity (Wildman–Crippen MR) is 72.5 cm³/mol. The van der Waals surface area contributed by atoms with Gasteiger partial charge in [0.25, 0.3) is 0 Å². The number of rotatable bonds is 5. The van der Waals surface area contributed by atoms with Crippen LogP contribution in [0.5, 0.6) is 0 Å². The third-order valence-electron chi connectivity index (χ3n) is 4.10. The molecular weight excluding hydrogens is 244 g/mol. The number of primary amides is 1. The van der Waals surface area contributed by atoms with Crippen LogP contribution in [0.4, 0.5) is 4.79 Å². The van der Waals surface area contributed by atoms with E-state index in [2.05, 4.69) is 15.5 Å². The van der Waals surface area contributed by atoms with E-state index >= 15 is 0 Å². The molecule has 1 atom stereocenters. The number of nitrogens with two attached hydrogens (primary N) is 1. The lowest BCUT2D eigenvalue weighted by atomic mass is 9.95. The van der Waals surface area contributed by atoms with Crippen molar-refractivity contribution in [1.29, 1.82) is 0 Å². The lowest BCUT2D eigenvalue weighted by molar-refractivity contribution is -0.125. The molecule has 3 amide bonds. The van der Waals surface area contributed by atoms with Gasteiger partial charge in [0.1, 0.15) is 0 Å². The van der Waals surface area contributed by atoms with Crippen molar-refractivity contribution in [1.82, 2.24) is 15.5 Å². The molecule has 1 saturated carbocycles. The molecule has 2 rings (SSSR count). The minimum atomic E-state index is -0.777. The Morgan fingerprint density at radius 3 is 2.42 bits per heavy atom. The van der Waals surface area contributed by atoms with E-state index in [1.807, 2.05) is 6.92 Å². The van der Waals surface area contributed by atoms with E-state index in [0.29, 0.717) is 5.92 Å². The average Bonchev–Trinajstić information content (AvgIpc) is 3.19. The topological polar surface area (TPSA) is 87.5 Å². The molecule has 1 aliphatic heterocycles. The van der Waals surface area contributed by atoms with Crippen LogP contribution in [0.25, 0.3) is 0 Å². The molecule has 0 spiro atoms. The van der Waals surface area contributed by atoms with Crippen molar-refractivity contribution >= 4 is 11.9 Å². The molecule has 0 aromatic carbocycles. The zero-order valence-electron chi connectivity index (χ0n) is 11.5. The number of hydrogen-bond acceptors (Lipinski definition) is 4. The molecular formula is C13H24N4O2. The first-order valence-corrected chi connectivity index (χ1v) is 7.14. The number of likely N-dealkylation sites (tertiary alicyclic amines) is 1. The van der Waals surface area contributed by atoms with Gasteiger partial charge in [-0.2, -0.15) is 0 Å². The number of nitrogens with zero attached hydrogens (tertiary/aromatic N) is 1. The first-order valence-electron chi connectivity index (χ1n) is 7.14. The molecule has 2 fully saturated rings. The summed E-state index contributed by atoms with van der Waals surface area (Å²) in [5.74, 6) is 0.408. The molecule has 108 valence electrons. The Hall–Kier alpha value is -1.14. The Balaban J connectivity index is 1.69. The molecule has 4 N–H and O–H groups in total. The summed E-state index contributed by atoms with van der Waals surface area (Å²) in [6.07, 6.45) is 4.86. The Morgan fingerprint density at radius 2 is 1.89 bits per heavy atom. The standard InChI is InChI=1S/C13H24N4O2/c1-9(12(18)16-13(14)19)17-6-4-10(5-7-17)8-15-11-2-3-11/h9-11,15H,2-8H2,1H3,(H3,14,16,18,19). The van der Waals surface area contributed by atoms with E-state index in [-0.39, 0.29) is 11.9 Å². The normalized spacial score (nSPS) is 23.0. The zero-order valence-corrected chi connectivity index (χ0v) is 11.5. The summed E-state index contributed by atoms with van der Waals surface area (Å²) in [6.45, 7) is 4.73. The van der Waals surface area contributed by atoms with Gasteiger partial charge in [0.2, 0.25) is 5.91 Å². The monoisotopic (exact) mass is 268 g/mol. The maximum Gasteiger partial charge on any atom is 0.318 e. The first kappa shape index (κ1) is 14.3. The summed E-state index contributed by atoms with van der Waals surface area (Å²) in [6, 6.07) is -0.302.